The van der Waals surface area contributed by atoms with Crippen LogP contribution < -0.4 is 0 Å². The van der Waals surface area contributed by atoms with Gasteiger partial charge in [-0.2, -0.15) is 0 Å². The Labute approximate surface area is 327 Å². The van der Waals surface area contributed by atoms with Crippen LogP contribution in [0.1, 0.15) is 36.5 Å². The number of fused-ring (bicyclic) bond motifs is 15. The Balaban J connectivity index is 0.919. The summed E-state index contributed by atoms with van der Waals surface area (Å²) < 4.78 is 0. The summed E-state index contributed by atoms with van der Waals surface area (Å²) in [6.07, 6.45) is 65.8. The Kier molecular flexibility index (Phi) is 7.07. The topological polar surface area (TPSA) is 0 Å². The zero-order valence-electron chi connectivity index (χ0n) is 31.9. The van der Waals surface area contributed by atoms with Gasteiger partial charge in [-0.05, 0) is 85.8 Å². The Morgan fingerprint density at radius 3 is 1.93 bits per heavy atom. The number of rotatable bonds is 2. The van der Waals surface area contributed by atoms with Gasteiger partial charge in [-0.1, -0.05) is 202 Å². The quantitative estimate of drug-likeness (QED) is 0.268. The molecule has 0 heterocycles. The normalized spacial score (nSPS) is 41.9. The maximum atomic E-state index is 2.69. The third kappa shape index (κ3) is 4.64. The zero-order chi connectivity index (χ0) is 36.4. The fraction of sp³-hybridized carbons (Fsp3) is 0.309. The van der Waals surface area contributed by atoms with E-state index < -0.39 is 0 Å². The van der Waals surface area contributed by atoms with Crippen LogP contribution in [-0.4, -0.2) is 0 Å². The first kappa shape index (κ1) is 32.3. The molecule has 1 aromatic carbocycles. The molecule has 0 heteroatoms. The van der Waals surface area contributed by atoms with E-state index in [9.17, 15) is 0 Å². The van der Waals surface area contributed by atoms with Crippen molar-refractivity contribution >= 4 is 5.57 Å². The molecule has 0 N–H and O–H groups in total. The second kappa shape index (κ2) is 12.0. The maximum absolute atomic E-state index is 2.69. The van der Waals surface area contributed by atoms with Crippen molar-refractivity contribution in [3.8, 4) is 0 Å². The van der Waals surface area contributed by atoms with E-state index in [0.29, 0.717) is 82.9 Å². The molecular formula is C55H50. The van der Waals surface area contributed by atoms with Gasteiger partial charge in [-0.25, -0.2) is 0 Å². The minimum Gasteiger partial charge on any atom is -0.0807 e. The fourth-order valence-electron chi connectivity index (χ4n) is 13.4. The highest BCUT2D eigenvalue weighted by molar-refractivity contribution is 5.74. The molecule has 1 aromatic rings. The van der Waals surface area contributed by atoms with Crippen molar-refractivity contribution in [2.24, 2.45) is 76.9 Å². The molecule has 0 aliphatic heterocycles. The number of benzene rings is 1. The van der Waals surface area contributed by atoms with Crippen LogP contribution in [0, 0.1) is 76.9 Å². The molecule has 0 spiro atoms. The number of hydrogen-bond donors (Lipinski definition) is 0. The summed E-state index contributed by atoms with van der Waals surface area (Å²) in [5, 5.41) is 0. The lowest BCUT2D eigenvalue weighted by Crippen LogP contribution is -2.40. The van der Waals surface area contributed by atoms with E-state index >= 15 is 0 Å². The molecule has 12 rings (SSSR count). The van der Waals surface area contributed by atoms with E-state index in [1.54, 1.807) is 11.1 Å². The minimum atomic E-state index is 0.0172. The van der Waals surface area contributed by atoms with Gasteiger partial charge in [0.15, 0.2) is 0 Å². The van der Waals surface area contributed by atoms with Crippen LogP contribution in [0.2, 0.25) is 0 Å². The standard InChI is InChI=1S/C55H50/c1-55(2)51-30-34(48-29-36-24-23-33-13-3-4-14-37(33)53(36)45-20-10-8-18-41(45)48)25-27-43(51)44-28-26-35(31-52(44)55)49-32-50-40-17-6-5-15-38(40)39-16-7-11-21-46(39)54(50)47-22-12-9-19-42(47)49/h3-33,36-42,44-47,52-53H,1-2H3. The van der Waals surface area contributed by atoms with Crippen molar-refractivity contribution in [1.29, 1.82) is 0 Å². The van der Waals surface area contributed by atoms with Gasteiger partial charge in [-0.3, -0.25) is 0 Å². The SMILES string of the molecule is CC1(C)c2cc(C3=CC4C=CC5C=CC=CC5C4C4C=CC=CC34)ccc2C2C=CC(C3=CC4=C(C5C=CC=CC35)C3C=CC=CC3C3C=CC=CC43)=CC21. The molecule has 0 fully saturated rings. The first-order valence-corrected chi connectivity index (χ1v) is 21.2. The van der Waals surface area contributed by atoms with Crippen LogP contribution >= 0.6 is 0 Å². The summed E-state index contributed by atoms with van der Waals surface area (Å²) in [5.41, 5.74) is 12.2. The highest BCUT2D eigenvalue weighted by Crippen LogP contribution is 2.59. The van der Waals surface area contributed by atoms with E-state index in [0.717, 1.165) is 0 Å². The first-order valence-electron chi connectivity index (χ1n) is 21.2. The highest BCUT2D eigenvalue weighted by Gasteiger charge is 2.50. The molecule has 11 aliphatic rings. The van der Waals surface area contributed by atoms with Gasteiger partial charge in [0.25, 0.3) is 0 Å². The van der Waals surface area contributed by atoms with Crippen molar-refractivity contribution in [1.82, 2.24) is 0 Å². The lowest BCUT2D eigenvalue weighted by molar-refractivity contribution is 0.195. The summed E-state index contributed by atoms with van der Waals surface area (Å²) in [7, 11) is 0. The maximum Gasteiger partial charge on any atom is 0.0128 e. The molecular weight excluding hydrogens is 661 g/mol. The molecule has 14 unspecified atom stereocenters. The second-order valence-electron chi connectivity index (χ2n) is 18.6. The van der Waals surface area contributed by atoms with Crippen molar-refractivity contribution in [3.05, 3.63) is 221 Å². The van der Waals surface area contributed by atoms with Crippen LogP contribution in [0.3, 0.4) is 0 Å². The molecule has 0 saturated heterocycles. The highest BCUT2D eigenvalue weighted by atomic mass is 14.5. The van der Waals surface area contributed by atoms with E-state index in [1.807, 2.05) is 0 Å². The molecule has 0 amide bonds. The minimum absolute atomic E-state index is 0.0172. The molecule has 0 bridgehead atoms. The summed E-state index contributed by atoms with van der Waals surface area (Å²) in [4.78, 5) is 0. The van der Waals surface area contributed by atoms with Crippen LogP contribution in [0.25, 0.3) is 5.57 Å². The summed E-state index contributed by atoms with van der Waals surface area (Å²) in [6, 6.07) is 7.58. The first-order chi connectivity index (χ1) is 27.0. The molecule has 0 radical (unpaired) electrons. The molecule has 0 saturated carbocycles. The smallest absolute Gasteiger partial charge is 0.0128 e. The van der Waals surface area contributed by atoms with Gasteiger partial charge in [0.05, 0.1) is 0 Å². The number of hydrogen-bond acceptors (Lipinski definition) is 0. The Morgan fingerprint density at radius 1 is 0.473 bits per heavy atom. The van der Waals surface area contributed by atoms with E-state index in [2.05, 4.69) is 196 Å². The van der Waals surface area contributed by atoms with Gasteiger partial charge in [0, 0.05) is 41.4 Å². The van der Waals surface area contributed by atoms with Crippen molar-refractivity contribution in [3.63, 3.8) is 0 Å². The van der Waals surface area contributed by atoms with Crippen LogP contribution in [0.4, 0.5) is 0 Å². The van der Waals surface area contributed by atoms with Crippen LogP contribution in [0.5, 0.6) is 0 Å². The van der Waals surface area contributed by atoms with Crippen molar-refractivity contribution in [2.75, 3.05) is 0 Å². The molecule has 0 aromatic heterocycles. The zero-order valence-corrected chi connectivity index (χ0v) is 31.9. The largest absolute Gasteiger partial charge is 0.0807 e. The second-order valence-corrected chi connectivity index (χ2v) is 18.6. The van der Waals surface area contributed by atoms with Crippen LogP contribution in [0.15, 0.2) is 205 Å². The lowest BCUT2D eigenvalue weighted by atomic mass is 9.55. The van der Waals surface area contributed by atoms with Crippen molar-refractivity contribution in [2.45, 2.75) is 25.2 Å². The predicted octanol–water partition coefficient (Wildman–Crippen LogP) is 12.4. The third-order valence-corrected chi connectivity index (χ3v) is 15.9. The van der Waals surface area contributed by atoms with Gasteiger partial charge in [0.2, 0.25) is 0 Å². The average Bonchev–Trinajstić information content (AvgIpc) is 3.47. The van der Waals surface area contributed by atoms with Gasteiger partial charge < -0.3 is 0 Å². The third-order valence-electron chi connectivity index (χ3n) is 15.9. The summed E-state index contributed by atoms with van der Waals surface area (Å²) >= 11 is 0. The van der Waals surface area contributed by atoms with Gasteiger partial charge >= 0.3 is 0 Å². The Morgan fingerprint density at radius 2 is 1.11 bits per heavy atom. The van der Waals surface area contributed by atoms with E-state index in [1.165, 1.54) is 33.4 Å². The van der Waals surface area contributed by atoms with Gasteiger partial charge in [0.1, 0.15) is 0 Å². The molecule has 270 valence electrons. The molecule has 0 nitrogen and oxygen atoms in total. The summed E-state index contributed by atoms with van der Waals surface area (Å²) in [6.45, 7) is 5.04. The lowest BCUT2D eigenvalue weighted by Gasteiger charge is -2.49. The monoisotopic (exact) mass is 710 g/mol. The molecule has 11 aliphatic carbocycles. The van der Waals surface area contributed by atoms with Gasteiger partial charge in [-0.15, -0.1) is 0 Å². The Hall–Kier alpha value is -4.94. The van der Waals surface area contributed by atoms with E-state index in [4.69, 9.17) is 0 Å². The van der Waals surface area contributed by atoms with Crippen LogP contribution in [-0.2, 0) is 5.41 Å². The average molecular weight is 711 g/mol. The number of allylic oxidation sites excluding steroid dienone is 32. The molecule has 14 atom stereocenters. The fourth-order valence-corrected chi connectivity index (χ4v) is 13.4. The van der Waals surface area contributed by atoms with Crippen molar-refractivity contribution < 1.29 is 0 Å². The van der Waals surface area contributed by atoms with E-state index in [-0.39, 0.29) is 5.41 Å². The summed E-state index contributed by atoms with van der Waals surface area (Å²) in [5.74, 6) is 6.62. The molecule has 55 heavy (non-hydrogen) atoms. The Bertz CT molecular complexity index is 2380. The predicted molar refractivity (Wildman–Crippen MR) is 228 cm³/mol.